The number of carboxylic acid groups (broad SMARTS) is 1. The molecule has 0 aromatic carbocycles. The van der Waals surface area contributed by atoms with Crippen LogP contribution in [0.25, 0.3) is 0 Å². The lowest BCUT2D eigenvalue weighted by atomic mass is 9.78. The fraction of sp³-hybridized carbons (Fsp3) is 0.929. The highest BCUT2D eigenvalue weighted by molar-refractivity contribution is 5.74. The van der Waals surface area contributed by atoms with E-state index in [0.717, 1.165) is 0 Å². The Balaban J connectivity index is 4.91. The predicted molar refractivity (Wildman–Crippen MR) is 71.2 cm³/mol. The molecule has 0 spiro atoms. The lowest BCUT2D eigenvalue weighted by Crippen LogP contribution is -2.43. The summed E-state index contributed by atoms with van der Waals surface area (Å²) in [5, 5.41) is 9.41. The van der Waals surface area contributed by atoms with Gasteiger partial charge in [0.15, 0.2) is 0 Å². The number of hydrogen-bond acceptors (Lipinski definition) is 3. The number of rotatable bonds is 7. The Morgan fingerprint density at radius 3 is 2.00 bits per heavy atom. The first-order valence-corrected chi connectivity index (χ1v) is 6.60. The van der Waals surface area contributed by atoms with Crippen LogP contribution in [0.1, 0.15) is 61.3 Å². The number of aliphatic carboxylic acids is 1. The number of carbonyl (C=O) groups is 1. The van der Waals surface area contributed by atoms with E-state index < -0.39 is 23.1 Å². The van der Waals surface area contributed by atoms with Gasteiger partial charge in [-0.15, -0.1) is 0 Å². The van der Waals surface area contributed by atoms with Crippen molar-refractivity contribution >= 4 is 5.97 Å². The van der Waals surface area contributed by atoms with Crippen molar-refractivity contribution in [3.63, 3.8) is 0 Å². The molecule has 0 heterocycles. The molecule has 2 atom stereocenters. The van der Waals surface area contributed by atoms with Crippen molar-refractivity contribution in [3.8, 4) is 0 Å². The summed E-state index contributed by atoms with van der Waals surface area (Å²) >= 11 is 0. The molecule has 0 saturated heterocycles. The van der Waals surface area contributed by atoms with Crippen LogP contribution in [0.3, 0.4) is 0 Å². The van der Waals surface area contributed by atoms with E-state index in [2.05, 4.69) is 0 Å². The van der Waals surface area contributed by atoms with Crippen molar-refractivity contribution in [1.29, 1.82) is 0 Å². The average Bonchev–Trinajstić information content (AvgIpc) is 2.21. The van der Waals surface area contributed by atoms with Crippen LogP contribution in [-0.2, 0) is 14.6 Å². The molecule has 0 radical (unpaired) electrons. The summed E-state index contributed by atoms with van der Waals surface area (Å²) in [5.41, 5.74) is -1.36. The van der Waals surface area contributed by atoms with E-state index in [4.69, 9.17) is 9.78 Å². The maximum atomic E-state index is 11.5. The van der Waals surface area contributed by atoms with Crippen LogP contribution in [0.4, 0.5) is 0 Å². The van der Waals surface area contributed by atoms with Gasteiger partial charge in [0.05, 0.1) is 11.0 Å². The van der Waals surface area contributed by atoms with E-state index in [1.54, 1.807) is 6.92 Å². The van der Waals surface area contributed by atoms with Crippen LogP contribution < -0.4 is 0 Å². The van der Waals surface area contributed by atoms with Gasteiger partial charge in [-0.25, -0.2) is 9.78 Å². The first kappa shape index (κ1) is 17.4. The zero-order valence-corrected chi connectivity index (χ0v) is 12.7. The molecule has 108 valence electrons. The van der Waals surface area contributed by atoms with Gasteiger partial charge < -0.3 is 5.11 Å². The van der Waals surface area contributed by atoms with Crippen molar-refractivity contribution in [1.82, 2.24) is 0 Å². The molecule has 2 unspecified atom stereocenters. The second kappa shape index (κ2) is 6.53. The molecule has 18 heavy (non-hydrogen) atoms. The maximum absolute atomic E-state index is 11.5. The molecule has 0 aromatic heterocycles. The fourth-order valence-electron chi connectivity index (χ4n) is 1.55. The first-order chi connectivity index (χ1) is 8.03. The zero-order valence-electron chi connectivity index (χ0n) is 12.7. The Morgan fingerprint density at radius 1 is 1.22 bits per heavy atom. The predicted octanol–water partition coefficient (Wildman–Crippen LogP) is 3.65. The molecule has 0 rings (SSSR count). The van der Waals surface area contributed by atoms with Crippen molar-refractivity contribution < 1.29 is 19.7 Å². The van der Waals surface area contributed by atoms with Gasteiger partial charge in [-0.3, -0.25) is 4.79 Å². The van der Waals surface area contributed by atoms with Crippen LogP contribution >= 0.6 is 0 Å². The third kappa shape index (κ3) is 5.36. The van der Waals surface area contributed by atoms with Gasteiger partial charge in [-0.05, 0) is 46.5 Å². The van der Waals surface area contributed by atoms with Crippen molar-refractivity contribution in [2.24, 2.45) is 11.3 Å². The van der Waals surface area contributed by atoms with E-state index in [1.807, 2.05) is 41.5 Å². The summed E-state index contributed by atoms with van der Waals surface area (Å²) in [6.45, 7) is 13.3. The smallest absolute Gasteiger partial charge is 0.312 e. The SMILES string of the molecule is CCC(C)(C(=O)O)C(CC(C)C)OOC(C)(C)C. The van der Waals surface area contributed by atoms with Gasteiger partial charge >= 0.3 is 5.97 Å². The molecule has 0 aliphatic heterocycles. The van der Waals surface area contributed by atoms with E-state index >= 15 is 0 Å². The Morgan fingerprint density at radius 2 is 1.72 bits per heavy atom. The molecule has 0 aliphatic carbocycles. The topological polar surface area (TPSA) is 55.8 Å². The normalized spacial score (nSPS) is 17.6. The van der Waals surface area contributed by atoms with Crippen molar-refractivity contribution in [2.75, 3.05) is 0 Å². The Hall–Kier alpha value is -0.610. The van der Waals surface area contributed by atoms with Crippen LogP contribution in [0.5, 0.6) is 0 Å². The van der Waals surface area contributed by atoms with Gasteiger partial charge in [-0.1, -0.05) is 20.8 Å². The molecule has 1 N–H and O–H groups in total. The van der Waals surface area contributed by atoms with Crippen molar-refractivity contribution in [2.45, 2.75) is 73.0 Å². The second-order valence-electron chi connectivity index (χ2n) is 6.49. The largest absolute Gasteiger partial charge is 0.481 e. The molecule has 0 aliphatic rings. The lowest BCUT2D eigenvalue weighted by Gasteiger charge is -2.34. The molecular weight excluding hydrogens is 232 g/mol. The van der Waals surface area contributed by atoms with Crippen molar-refractivity contribution in [3.05, 3.63) is 0 Å². The lowest BCUT2D eigenvalue weighted by molar-refractivity contribution is -0.388. The fourth-order valence-corrected chi connectivity index (χ4v) is 1.55. The Bertz CT molecular complexity index is 267. The minimum Gasteiger partial charge on any atom is -0.481 e. The molecule has 0 saturated carbocycles. The van der Waals surface area contributed by atoms with Gasteiger partial charge in [-0.2, -0.15) is 0 Å². The van der Waals surface area contributed by atoms with Gasteiger partial charge in [0.25, 0.3) is 0 Å². The van der Waals surface area contributed by atoms with Gasteiger partial charge in [0.1, 0.15) is 6.10 Å². The molecule has 0 fully saturated rings. The molecule has 0 bridgehead atoms. The summed E-state index contributed by atoms with van der Waals surface area (Å²) in [7, 11) is 0. The average molecular weight is 260 g/mol. The zero-order chi connectivity index (χ0) is 14.6. The van der Waals surface area contributed by atoms with E-state index in [1.165, 1.54) is 0 Å². The quantitative estimate of drug-likeness (QED) is 0.561. The summed E-state index contributed by atoms with van der Waals surface area (Å²) in [4.78, 5) is 22.2. The highest BCUT2D eigenvalue weighted by atomic mass is 17.2. The van der Waals surface area contributed by atoms with E-state index in [-0.39, 0.29) is 0 Å². The summed E-state index contributed by atoms with van der Waals surface area (Å²) in [6.07, 6.45) is 0.721. The van der Waals surface area contributed by atoms with Crippen LogP contribution in [0, 0.1) is 11.3 Å². The number of hydrogen-bond donors (Lipinski definition) is 1. The summed E-state index contributed by atoms with van der Waals surface area (Å²) in [6, 6.07) is 0. The molecule has 0 amide bonds. The monoisotopic (exact) mass is 260 g/mol. The Labute approximate surface area is 111 Å². The maximum Gasteiger partial charge on any atom is 0.312 e. The molecule has 0 aromatic rings. The molecule has 4 nitrogen and oxygen atoms in total. The highest BCUT2D eigenvalue weighted by Crippen LogP contribution is 2.33. The third-order valence-corrected chi connectivity index (χ3v) is 3.03. The van der Waals surface area contributed by atoms with Gasteiger partial charge in [0.2, 0.25) is 0 Å². The van der Waals surface area contributed by atoms with E-state index in [0.29, 0.717) is 18.8 Å². The highest BCUT2D eigenvalue weighted by Gasteiger charge is 2.42. The van der Waals surface area contributed by atoms with Gasteiger partial charge in [0, 0.05) is 0 Å². The first-order valence-electron chi connectivity index (χ1n) is 6.60. The van der Waals surface area contributed by atoms with Crippen LogP contribution in [-0.4, -0.2) is 22.8 Å². The second-order valence-corrected chi connectivity index (χ2v) is 6.49. The minimum absolute atomic E-state index is 0.351. The van der Waals surface area contributed by atoms with E-state index in [9.17, 15) is 9.90 Å². The summed E-state index contributed by atoms with van der Waals surface area (Å²) < 4.78 is 0. The van der Waals surface area contributed by atoms with Crippen LogP contribution in [0.15, 0.2) is 0 Å². The van der Waals surface area contributed by atoms with Crippen LogP contribution in [0.2, 0.25) is 0 Å². The minimum atomic E-state index is -0.921. The molecule has 4 heteroatoms. The third-order valence-electron chi connectivity index (χ3n) is 3.03. The standard InChI is InChI=1S/C14H28O4/c1-8-14(7,12(15)16)11(9-10(2)3)17-18-13(4,5)6/h10-11H,8-9H2,1-7H3,(H,15,16). The summed E-state index contributed by atoms with van der Waals surface area (Å²) in [5.74, 6) is -0.489. The Kier molecular flexibility index (Phi) is 6.30. The number of carboxylic acids is 1. The molecular formula is C14H28O4.